The predicted octanol–water partition coefficient (Wildman–Crippen LogP) is 3.40. The number of hydrazine groups is 1. The van der Waals surface area contributed by atoms with Crippen molar-refractivity contribution in [2.75, 3.05) is 7.11 Å². The molecule has 0 aliphatic carbocycles. The Balaban J connectivity index is 2.24. The number of methoxy groups -OCH3 is 1. The highest BCUT2D eigenvalue weighted by Crippen LogP contribution is 2.25. The second-order valence-corrected chi connectivity index (χ2v) is 5.22. The zero-order chi connectivity index (χ0) is 14.5. The molecular weight excluding hydrogens is 272 g/mol. The molecule has 0 saturated heterocycles. The Labute approximate surface area is 124 Å². The third kappa shape index (κ3) is 3.51. The van der Waals surface area contributed by atoms with Crippen LogP contribution in [0, 0.1) is 6.92 Å². The fourth-order valence-electron chi connectivity index (χ4n) is 2.23. The van der Waals surface area contributed by atoms with E-state index >= 15 is 0 Å². The zero-order valence-electron chi connectivity index (χ0n) is 11.7. The molecule has 0 aliphatic rings. The van der Waals surface area contributed by atoms with Gasteiger partial charge in [-0.3, -0.25) is 11.3 Å². The van der Waals surface area contributed by atoms with Crippen LogP contribution in [0.3, 0.4) is 0 Å². The molecule has 1 atom stereocenters. The number of aryl methyl sites for hydroxylation is 1. The predicted molar refractivity (Wildman–Crippen MR) is 83.0 cm³/mol. The van der Waals surface area contributed by atoms with Crippen LogP contribution < -0.4 is 16.0 Å². The molecule has 2 aromatic rings. The lowest BCUT2D eigenvalue weighted by Gasteiger charge is -2.18. The topological polar surface area (TPSA) is 47.3 Å². The first-order chi connectivity index (χ1) is 9.63. The molecule has 0 radical (unpaired) electrons. The fourth-order valence-corrected chi connectivity index (χ4v) is 2.44. The SMILES string of the molecule is COc1cc(C(Cc2cccc(Cl)c2)NN)ccc1C. The van der Waals surface area contributed by atoms with Crippen LogP contribution in [0.15, 0.2) is 42.5 Å². The molecular formula is C16H19ClN2O. The number of hydrogen-bond donors (Lipinski definition) is 2. The first kappa shape index (κ1) is 14.9. The number of hydrogen-bond acceptors (Lipinski definition) is 3. The third-order valence-corrected chi connectivity index (χ3v) is 3.60. The molecule has 0 aliphatic heterocycles. The third-order valence-electron chi connectivity index (χ3n) is 3.36. The first-order valence-corrected chi connectivity index (χ1v) is 6.87. The van der Waals surface area contributed by atoms with Gasteiger partial charge < -0.3 is 4.74 Å². The standard InChI is InChI=1S/C16H19ClN2O/c1-11-6-7-13(10-16(11)20-2)15(19-18)9-12-4-3-5-14(17)8-12/h3-8,10,15,19H,9,18H2,1-2H3. The van der Waals surface area contributed by atoms with Crippen molar-refractivity contribution < 1.29 is 4.74 Å². The molecule has 0 fully saturated rings. The average molecular weight is 291 g/mol. The molecule has 1 unspecified atom stereocenters. The Bertz CT molecular complexity index is 586. The number of nitrogens with one attached hydrogen (secondary N) is 1. The average Bonchev–Trinajstić information content (AvgIpc) is 2.45. The van der Waals surface area contributed by atoms with Crippen molar-refractivity contribution in [3.8, 4) is 5.75 Å². The molecule has 0 heterocycles. The van der Waals surface area contributed by atoms with Gasteiger partial charge in [0.2, 0.25) is 0 Å². The Morgan fingerprint density at radius 2 is 2.05 bits per heavy atom. The van der Waals surface area contributed by atoms with Crippen LogP contribution in [-0.2, 0) is 6.42 Å². The monoisotopic (exact) mass is 290 g/mol. The van der Waals surface area contributed by atoms with Crippen LogP contribution in [0.2, 0.25) is 5.02 Å². The van der Waals surface area contributed by atoms with Gasteiger partial charge in [0.15, 0.2) is 0 Å². The summed E-state index contributed by atoms with van der Waals surface area (Å²) in [7, 11) is 1.67. The smallest absolute Gasteiger partial charge is 0.122 e. The van der Waals surface area contributed by atoms with E-state index < -0.39 is 0 Å². The maximum absolute atomic E-state index is 6.01. The number of ether oxygens (including phenoxy) is 1. The summed E-state index contributed by atoms with van der Waals surface area (Å²) in [6.45, 7) is 2.02. The van der Waals surface area contributed by atoms with Crippen LogP contribution in [0.4, 0.5) is 0 Å². The largest absolute Gasteiger partial charge is 0.496 e. The molecule has 0 aromatic heterocycles. The van der Waals surface area contributed by atoms with Crippen molar-refractivity contribution in [2.24, 2.45) is 5.84 Å². The van der Waals surface area contributed by atoms with Crippen molar-refractivity contribution >= 4 is 11.6 Å². The summed E-state index contributed by atoms with van der Waals surface area (Å²) in [5.41, 5.74) is 6.20. The first-order valence-electron chi connectivity index (χ1n) is 6.49. The quantitative estimate of drug-likeness (QED) is 0.655. The van der Waals surface area contributed by atoms with Crippen molar-refractivity contribution in [2.45, 2.75) is 19.4 Å². The van der Waals surface area contributed by atoms with Crippen molar-refractivity contribution in [1.82, 2.24) is 5.43 Å². The van der Waals surface area contributed by atoms with Crippen LogP contribution in [-0.4, -0.2) is 7.11 Å². The van der Waals surface area contributed by atoms with E-state index in [4.69, 9.17) is 22.2 Å². The summed E-state index contributed by atoms with van der Waals surface area (Å²) in [6.07, 6.45) is 0.767. The summed E-state index contributed by atoms with van der Waals surface area (Å²) in [5.74, 6) is 6.57. The summed E-state index contributed by atoms with van der Waals surface area (Å²) in [5, 5.41) is 0.736. The Morgan fingerprint density at radius 1 is 1.25 bits per heavy atom. The van der Waals surface area contributed by atoms with E-state index in [1.54, 1.807) is 7.11 Å². The van der Waals surface area contributed by atoms with Gasteiger partial charge in [-0.05, 0) is 48.2 Å². The van der Waals surface area contributed by atoms with E-state index in [0.717, 1.165) is 33.9 Å². The molecule has 20 heavy (non-hydrogen) atoms. The lowest BCUT2D eigenvalue weighted by Crippen LogP contribution is -2.29. The molecule has 2 aromatic carbocycles. The van der Waals surface area contributed by atoms with Crippen molar-refractivity contribution in [1.29, 1.82) is 0 Å². The molecule has 0 spiro atoms. The Hall–Kier alpha value is -1.55. The van der Waals surface area contributed by atoms with E-state index in [1.807, 2.05) is 43.3 Å². The van der Waals surface area contributed by atoms with E-state index in [-0.39, 0.29) is 6.04 Å². The van der Waals surface area contributed by atoms with E-state index in [1.165, 1.54) is 0 Å². The zero-order valence-corrected chi connectivity index (χ0v) is 12.4. The number of benzene rings is 2. The van der Waals surface area contributed by atoms with Gasteiger partial charge in [-0.25, -0.2) is 0 Å². The highest BCUT2D eigenvalue weighted by Gasteiger charge is 2.12. The van der Waals surface area contributed by atoms with Gasteiger partial charge in [0.05, 0.1) is 13.2 Å². The molecule has 3 nitrogen and oxygen atoms in total. The van der Waals surface area contributed by atoms with Gasteiger partial charge in [0, 0.05) is 5.02 Å². The van der Waals surface area contributed by atoms with Gasteiger partial charge in [-0.1, -0.05) is 35.9 Å². The maximum Gasteiger partial charge on any atom is 0.122 e. The second-order valence-electron chi connectivity index (χ2n) is 4.78. The minimum absolute atomic E-state index is 0.0166. The Morgan fingerprint density at radius 3 is 2.70 bits per heavy atom. The lowest BCUT2D eigenvalue weighted by atomic mass is 9.98. The molecule has 106 valence electrons. The molecule has 2 rings (SSSR count). The van der Waals surface area contributed by atoms with Crippen molar-refractivity contribution in [3.05, 3.63) is 64.2 Å². The summed E-state index contributed by atoms with van der Waals surface area (Å²) in [4.78, 5) is 0. The summed E-state index contributed by atoms with van der Waals surface area (Å²) >= 11 is 6.01. The van der Waals surface area contributed by atoms with Crippen LogP contribution in [0.5, 0.6) is 5.75 Å². The Kier molecular flexibility index (Phi) is 5.01. The maximum atomic E-state index is 6.01. The van der Waals surface area contributed by atoms with Gasteiger partial charge >= 0.3 is 0 Å². The highest BCUT2D eigenvalue weighted by atomic mass is 35.5. The van der Waals surface area contributed by atoms with Crippen LogP contribution >= 0.6 is 11.6 Å². The van der Waals surface area contributed by atoms with Gasteiger partial charge in [0.25, 0.3) is 0 Å². The summed E-state index contributed by atoms with van der Waals surface area (Å²) < 4.78 is 5.36. The lowest BCUT2D eigenvalue weighted by molar-refractivity contribution is 0.410. The van der Waals surface area contributed by atoms with Crippen molar-refractivity contribution in [3.63, 3.8) is 0 Å². The summed E-state index contributed by atoms with van der Waals surface area (Å²) in [6, 6.07) is 13.9. The number of rotatable bonds is 5. The van der Waals surface area contributed by atoms with Gasteiger partial charge in [-0.15, -0.1) is 0 Å². The molecule has 4 heteroatoms. The van der Waals surface area contributed by atoms with E-state index in [2.05, 4.69) is 11.5 Å². The highest BCUT2D eigenvalue weighted by molar-refractivity contribution is 6.30. The molecule has 0 saturated carbocycles. The van der Waals surface area contributed by atoms with Gasteiger partial charge in [0.1, 0.15) is 5.75 Å². The number of nitrogens with two attached hydrogens (primary N) is 1. The molecule has 0 bridgehead atoms. The minimum Gasteiger partial charge on any atom is -0.496 e. The van der Waals surface area contributed by atoms with E-state index in [0.29, 0.717) is 0 Å². The normalized spacial score (nSPS) is 12.2. The van der Waals surface area contributed by atoms with E-state index in [9.17, 15) is 0 Å². The molecule has 3 N–H and O–H groups in total. The number of halogens is 1. The van der Waals surface area contributed by atoms with Gasteiger partial charge in [-0.2, -0.15) is 0 Å². The van der Waals surface area contributed by atoms with Crippen LogP contribution in [0.25, 0.3) is 0 Å². The fraction of sp³-hybridized carbons (Fsp3) is 0.250. The second kappa shape index (κ2) is 6.75. The van der Waals surface area contributed by atoms with Crippen LogP contribution in [0.1, 0.15) is 22.7 Å². The molecule has 0 amide bonds. The minimum atomic E-state index is 0.0166.